The normalized spacial score (nSPS) is 14.4. The lowest BCUT2D eigenvalue weighted by atomic mass is 9.71. The number of fused-ring (bicyclic) bond motifs is 9. The standard InChI is InChI=1S/C46H34N2/c1-3-32(33-25-27-39-40(29-33)38-18-10-12-20-43(38)48-44-21-13-11-19-42(44)47-45(39)48)23-24-34-30-46(35-14-6-4-7-15-35,36-16-8-5-9-17-36)41-28-31(2)22-26-37(34)41/h3-30H,1-2H3/b24-23-,32-3+. The molecule has 8 aromatic rings. The Bertz CT molecular complexity index is 2580. The summed E-state index contributed by atoms with van der Waals surface area (Å²) in [5, 5.41) is 3.60. The van der Waals surface area contributed by atoms with E-state index in [4.69, 9.17) is 4.98 Å². The third-order valence-electron chi connectivity index (χ3n) is 10.1. The van der Waals surface area contributed by atoms with Crippen LogP contribution >= 0.6 is 0 Å². The van der Waals surface area contributed by atoms with Crippen molar-refractivity contribution in [3.8, 4) is 0 Å². The highest BCUT2D eigenvalue weighted by molar-refractivity contribution is 6.14. The lowest BCUT2D eigenvalue weighted by molar-refractivity contribution is 0.793. The smallest absolute Gasteiger partial charge is 0.146 e. The number of para-hydroxylation sites is 3. The summed E-state index contributed by atoms with van der Waals surface area (Å²) in [5.41, 5.74) is 14.0. The number of pyridine rings is 1. The number of hydrogen-bond donors (Lipinski definition) is 0. The molecule has 0 spiro atoms. The molecule has 1 aliphatic rings. The Kier molecular flexibility index (Phi) is 6.51. The molecular weight excluding hydrogens is 581 g/mol. The van der Waals surface area contributed by atoms with Gasteiger partial charge in [0.1, 0.15) is 5.65 Å². The van der Waals surface area contributed by atoms with E-state index in [2.05, 4.69) is 188 Å². The molecule has 228 valence electrons. The number of aryl methyl sites for hydroxylation is 1. The van der Waals surface area contributed by atoms with Crippen LogP contribution in [0.15, 0.2) is 170 Å². The maximum Gasteiger partial charge on any atom is 0.146 e. The Morgan fingerprint density at radius 2 is 1.33 bits per heavy atom. The molecule has 2 heteroatoms. The summed E-state index contributed by atoms with van der Waals surface area (Å²) in [7, 11) is 0. The number of hydrogen-bond acceptors (Lipinski definition) is 1. The van der Waals surface area contributed by atoms with E-state index in [1.807, 2.05) is 0 Å². The summed E-state index contributed by atoms with van der Waals surface area (Å²) in [4.78, 5) is 5.09. The van der Waals surface area contributed by atoms with Gasteiger partial charge in [-0.25, -0.2) is 4.98 Å². The lowest BCUT2D eigenvalue weighted by Gasteiger charge is -2.31. The average molecular weight is 615 g/mol. The van der Waals surface area contributed by atoms with E-state index in [0.717, 1.165) is 22.1 Å². The van der Waals surface area contributed by atoms with Crippen molar-refractivity contribution in [2.45, 2.75) is 19.3 Å². The molecule has 0 radical (unpaired) electrons. The van der Waals surface area contributed by atoms with E-state index in [0.29, 0.717) is 0 Å². The van der Waals surface area contributed by atoms with Crippen LogP contribution in [-0.4, -0.2) is 9.38 Å². The van der Waals surface area contributed by atoms with Crippen molar-refractivity contribution in [1.29, 1.82) is 0 Å². The van der Waals surface area contributed by atoms with Gasteiger partial charge in [0.15, 0.2) is 0 Å². The Morgan fingerprint density at radius 3 is 2.08 bits per heavy atom. The fourth-order valence-corrected chi connectivity index (χ4v) is 7.84. The molecule has 0 saturated heterocycles. The summed E-state index contributed by atoms with van der Waals surface area (Å²) in [6.45, 7) is 4.32. The minimum atomic E-state index is -0.374. The highest BCUT2D eigenvalue weighted by Crippen LogP contribution is 2.50. The number of benzene rings is 6. The second-order valence-electron chi connectivity index (χ2n) is 12.8. The van der Waals surface area contributed by atoms with Crippen molar-refractivity contribution < 1.29 is 0 Å². The second-order valence-corrected chi connectivity index (χ2v) is 12.8. The number of rotatable bonds is 5. The van der Waals surface area contributed by atoms with Gasteiger partial charge in [-0.1, -0.05) is 145 Å². The molecule has 0 aliphatic heterocycles. The lowest BCUT2D eigenvalue weighted by Crippen LogP contribution is -2.25. The van der Waals surface area contributed by atoms with Gasteiger partial charge in [0, 0.05) is 10.8 Å². The number of aromatic nitrogens is 2. The number of imidazole rings is 1. The molecule has 0 bridgehead atoms. The molecule has 0 saturated carbocycles. The first-order chi connectivity index (χ1) is 23.7. The van der Waals surface area contributed by atoms with Crippen molar-refractivity contribution in [2.75, 3.05) is 0 Å². The molecule has 0 unspecified atom stereocenters. The third kappa shape index (κ3) is 4.23. The summed E-state index contributed by atoms with van der Waals surface area (Å²) >= 11 is 0. The van der Waals surface area contributed by atoms with Gasteiger partial charge in [0.2, 0.25) is 0 Å². The van der Waals surface area contributed by atoms with Crippen LogP contribution in [0.25, 0.3) is 49.5 Å². The van der Waals surface area contributed by atoms with Gasteiger partial charge in [-0.2, -0.15) is 0 Å². The van der Waals surface area contributed by atoms with E-state index >= 15 is 0 Å². The highest BCUT2D eigenvalue weighted by Gasteiger charge is 2.40. The van der Waals surface area contributed by atoms with Gasteiger partial charge in [0.25, 0.3) is 0 Å². The number of nitrogens with zero attached hydrogens (tertiary/aromatic N) is 2. The molecule has 0 amide bonds. The summed E-state index contributed by atoms with van der Waals surface area (Å²) in [5.74, 6) is 0. The molecule has 6 aromatic carbocycles. The minimum absolute atomic E-state index is 0.374. The van der Waals surface area contributed by atoms with E-state index in [1.54, 1.807) is 0 Å². The maximum atomic E-state index is 5.09. The van der Waals surface area contributed by atoms with Crippen LogP contribution < -0.4 is 0 Å². The van der Waals surface area contributed by atoms with Gasteiger partial charge in [-0.15, -0.1) is 0 Å². The highest BCUT2D eigenvalue weighted by atomic mass is 15.0. The van der Waals surface area contributed by atoms with Crippen molar-refractivity contribution in [2.24, 2.45) is 0 Å². The SMILES string of the molecule is C/C=C(\C=C/C1=CC(c2ccccc2)(c2ccccc2)c2cc(C)ccc21)c1ccc2c(c1)c1ccccc1n1c3ccccc3nc21. The Morgan fingerprint density at radius 1 is 0.646 bits per heavy atom. The molecule has 48 heavy (non-hydrogen) atoms. The van der Waals surface area contributed by atoms with E-state index in [-0.39, 0.29) is 5.41 Å². The van der Waals surface area contributed by atoms with Crippen molar-refractivity contribution >= 4 is 49.5 Å². The topological polar surface area (TPSA) is 17.3 Å². The Balaban J connectivity index is 1.20. The van der Waals surface area contributed by atoms with E-state index in [9.17, 15) is 0 Å². The fraction of sp³-hybridized carbons (Fsp3) is 0.0652. The van der Waals surface area contributed by atoms with Crippen LogP contribution in [0.3, 0.4) is 0 Å². The fourth-order valence-electron chi connectivity index (χ4n) is 7.84. The van der Waals surface area contributed by atoms with Crippen LogP contribution in [0.2, 0.25) is 0 Å². The molecule has 0 atom stereocenters. The molecule has 2 aromatic heterocycles. The monoisotopic (exact) mass is 614 g/mol. The van der Waals surface area contributed by atoms with Gasteiger partial charge in [-0.3, -0.25) is 4.40 Å². The van der Waals surface area contributed by atoms with E-state index < -0.39 is 0 Å². The molecule has 2 nitrogen and oxygen atoms in total. The van der Waals surface area contributed by atoms with Crippen molar-refractivity contribution in [1.82, 2.24) is 9.38 Å². The van der Waals surface area contributed by atoms with Gasteiger partial charge < -0.3 is 0 Å². The summed E-state index contributed by atoms with van der Waals surface area (Å²) in [6, 6.07) is 52.7. The molecule has 1 aliphatic carbocycles. The zero-order valence-electron chi connectivity index (χ0n) is 27.1. The Labute approximate surface area is 280 Å². The van der Waals surface area contributed by atoms with Crippen LogP contribution in [0, 0.1) is 6.92 Å². The Hall–Kier alpha value is -5.99. The molecule has 9 rings (SSSR count). The molecular formula is C46H34N2. The van der Waals surface area contributed by atoms with Crippen LogP contribution in [0.5, 0.6) is 0 Å². The first-order valence-electron chi connectivity index (χ1n) is 16.7. The molecule has 0 fully saturated rings. The largest absolute Gasteiger partial charge is 0.292 e. The zero-order valence-corrected chi connectivity index (χ0v) is 27.1. The first-order valence-corrected chi connectivity index (χ1v) is 16.7. The van der Waals surface area contributed by atoms with Crippen LogP contribution in [0.4, 0.5) is 0 Å². The predicted molar refractivity (Wildman–Crippen MR) is 202 cm³/mol. The van der Waals surface area contributed by atoms with Gasteiger partial charge in [-0.05, 0) is 88.5 Å². The average Bonchev–Trinajstić information content (AvgIpc) is 3.69. The predicted octanol–water partition coefficient (Wildman–Crippen LogP) is 11.5. The van der Waals surface area contributed by atoms with Crippen LogP contribution in [-0.2, 0) is 5.41 Å². The summed E-state index contributed by atoms with van der Waals surface area (Å²) in [6.07, 6.45) is 9.28. The van der Waals surface area contributed by atoms with Gasteiger partial charge in [0.05, 0.1) is 22.0 Å². The van der Waals surface area contributed by atoms with Crippen molar-refractivity contribution in [3.63, 3.8) is 0 Å². The molecule has 0 N–H and O–H groups in total. The van der Waals surface area contributed by atoms with Crippen molar-refractivity contribution in [3.05, 3.63) is 203 Å². The van der Waals surface area contributed by atoms with E-state index in [1.165, 1.54) is 60.8 Å². The zero-order chi connectivity index (χ0) is 32.2. The van der Waals surface area contributed by atoms with Gasteiger partial charge >= 0.3 is 0 Å². The summed E-state index contributed by atoms with van der Waals surface area (Å²) < 4.78 is 2.31. The second kappa shape index (κ2) is 11.1. The minimum Gasteiger partial charge on any atom is -0.292 e. The maximum absolute atomic E-state index is 5.09. The number of allylic oxidation sites excluding steroid dienone is 6. The quantitative estimate of drug-likeness (QED) is 0.139. The first kappa shape index (κ1) is 28.3. The molecule has 2 heterocycles. The third-order valence-corrected chi connectivity index (χ3v) is 10.1. The van der Waals surface area contributed by atoms with Crippen LogP contribution in [0.1, 0.15) is 40.3 Å².